The number of carbonyl (C=O) groups is 1. The van der Waals surface area contributed by atoms with Crippen LogP contribution in [-0.2, 0) is 4.79 Å². The number of nitriles is 1. The second-order valence-electron chi connectivity index (χ2n) is 7.26. The minimum absolute atomic E-state index is 0.0627. The summed E-state index contributed by atoms with van der Waals surface area (Å²) in [5.74, 6) is -0.411. The number of rotatable bonds is 7. The van der Waals surface area contributed by atoms with Crippen molar-refractivity contribution < 1.29 is 19.0 Å². The van der Waals surface area contributed by atoms with Crippen molar-refractivity contribution >= 4 is 29.1 Å². The molecule has 1 aliphatic rings. The van der Waals surface area contributed by atoms with Gasteiger partial charge in [0.2, 0.25) is 11.8 Å². The van der Waals surface area contributed by atoms with Crippen LogP contribution in [0.3, 0.4) is 0 Å². The summed E-state index contributed by atoms with van der Waals surface area (Å²) < 4.78 is 16.8. The van der Waals surface area contributed by atoms with E-state index < -0.39 is 11.8 Å². The van der Waals surface area contributed by atoms with Gasteiger partial charge in [-0.25, -0.2) is 0 Å². The third-order valence-corrected chi connectivity index (χ3v) is 5.66. The molecule has 0 spiro atoms. The largest absolute Gasteiger partial charge is 0.490 e. The highest BCUT2D eigenvalue weighted by Crippen LogP contribution is 2.48. The predicted molar refractivity (Wildman–Crippen MR) is 126 cm³/mol. The second kappa shape index (κ2) is 9.55. The lowest BCUT2D eigenvalue weighted by Crippen LogP contribution is -2.21. The lowest BCUT2D eigenvalue weighted by molar-refractivity contribution is -0.119. The number of nitrogens with one attached hydrogen (secondary N) is 1. The van der Waals surface area contributed by atoms with Gasteiger partial charge in [0.05, 0.1) is 28.8 Å². The van der Waals surface area contributed by atoms with Crippen LogP contribution in [0.4, 0.5) is 0 Å². The van der Waals surface area contributed by atoms with Gasteiger partial charge in [0, 0.05) is 10.6 Å². The number of benzene rings is 2. The van der Waals surface area contributed by atoms with E-state index in [1.807, 2.05) is 6.92 Å². The summed E-state index contributed by atoms with van der Waals surface area (Å²) in [6, 6.07) is 12.3. The predicted octanol–water partition coefficient (Wildman–Crippen LogP) is 3.86. The average Bonchev–Trinajstić information content (AvgIpc) is 3.20. The second-order valence-corrected chi connectivity index (χ2v) is 8.10. The van der Waals surface area contributed by atoms with E-state index in [4.69, 9.17) is 48.9 Å². The maximum absolute atomic E-state index is 11.2. The number of nitrogens with zero attached hydrogens (tertiary/aromatic N) is 2. The van der Waals surface area contributed by atoms with E-state index in [1.165, 1.54) is 0 Å². The summed E-state index contributed by atoms with van der Waals surface area (Å²) in [4.78, 5) is 11.2. The zero-order chi connectivity index (χ0) is 24.4. The third-order valence-electron chi connectivity index (χ3n) is 5.11. The lowest BCUT2D eigenvalue weighted by Gasteiger charge is -2.25. The number of hydrogen-bond acceptors (Lipinski definition) is 7. The van der Waals surface area contributed by atoms with E-state index in [-0.39, 0.29) is 23.9 Å². The van der Waals surface area contributed by atoms with Crippen LogP contribution in [0.25, 0.3) is 11.3 Å². The molecule has 3 aromatic rings. The average molecular weight is 500 g/mol. The maximum atomic E-state index is 11.2. The number of hydrogen-bond donors (Lipinski definition) is 3. The Morgan fingerprint density at radius 1 is 1.24 bits per heavy atom. The van der Waals surface area contributed by atoms with Gasteiger partial charge in [-0.15, -0.1) is 5.10 Å². The summed E-state index contributed by atoms with van der Waals surface area (Å²) in [6.45, 7) is 1.85. The molecule has 0 radical (unpaired) electrons. The molecule has 1 atom stereocenters. The fourth-order valence-corrected chi connectivity index (χ4v) is 4.22. The topological polar surface area (TPSA) is 149 Å². The highest BCUT2D eigenvalue weighted by atomic mass is 35.5. The van der Waals surface area contributed by atoms with Crippen LogP contribution >= 0.6 is 23.2 Å². The molecule has 0 bridgehead atoms. The number of H-pyrrole nitrogens is 1. The van der Waals surface area contributed by atoms with Crippen molar-refractivity contribution in [1.29, 1.82) is 5.26 Å². The molecule has 0 saturated carbocycles. The molecule has 0 saturated heterocycles. The first-order chi connectivity index (χ1) is 16.3. The van der Waals surface area contributed by atoms with E-state index in [0.29, 0.717) is 50.5 Å². The Morgan fingerprint density at radius 2 is 2.03 bits per heavy atom. The smallest absolute Gasteiger partial charge is 0.255 e. The van der Waals surface area contributed by atoms with Crippen LogP contribution in [0.1, 0.15) is 24.0 Å². The van der Waals surface area contributed by atoms with Crippen LogP contribution in [-0.4, -0.2) is 29.3 Å². The van der Waals surface area contributed by atoms with Crippen LogP contribution in [0.15, 0.2) is 47.9 Å². The van der Waals surface area contributed by atoms with Gasteiger partial charge < -0.3 is 25.7 Å². The van der Waals surface area contributed by atoms with Crippen molar-refractivity contribution in [2.75, 3.05) is 13.2 Å². The molecule has 4 rings (SSSR count). The molecule has 174 valence electrons. The van der Waals surface area contributed by atoms with Gasteiger partial charge in [-0.2, -0.15) is 5.26 Å². The van der Waals surface area contributed by atoms with Gasteiger partial charge in [-0.05, 0) is 42.8 Å². The Morgan fingerprint density at radius 3 is 2.71 bits per heavy atom. The van der Waals surface area contributed by atoms with Gasteiger partial charge in [0.15, 0.2) is 18.1 Å². The number of halogens is 2. The Hall–Kier alpha value is -3.87. The normalized spacial score (nSPS) is 14.7. The number of carbonyl (C=O) groups excluding carboxylic acids is 1. The molecule has 1 aromatic heterocycles. The highest BCUT2D eigenvalue weighted by molar-refractivity contribution is 6.36. The van der Waals surface area contributed by atoms with Crippen molar-refractivity contribution in [3.63, 3.8) is 0 Å². The van der Waals surface area contributed by atoms with E-state index in [2.05, 4.69) is 16.3 Å². The molecular weight excluding hydrogens is 481 g/mol. The van der Waals surface area contributed by atoms with Crippen LogP contribution in [0.2, 0.25) is 10.0 Å². The molecule has 2 aromatic carbocycles. The number of primary amides is 1. The number of amides is 1. The first-order valence-corrected chi connectivity index (χ1v) is 10.9. The Kier molecular flexibility index (Phi) is 6.54. The fraction of sp³-hybridized carbons (Fsp3) is 0.174. The first kappa shape index (κ1) is 23.3. The van der Waals surface area contributed by atoms with Gasteiger partial charge >= 0.3 is 0 Å². The maximum Gasteiger partial charge on any atom is 0.255 e. The van der Waals surface area contributed by atoms with Crippen molar-refractivity contribution in [1.82, 2.24) is 10.2 Å². The molecule has 5 N–H and O–H groups in total. The molecule has 11 heteroatoms. The van der Waals surface area contributed by atoms with Crippen molar-refractivity contribution in [3.8, 4) is 34.7 Å². The Balaban J connectivity index is 1.88. The molecule has 1 unspecified atom stereocenters. The molecule has 0 fully saturated rings. The number of ether oxygens (including phenoxy) is 3. The molecule has 1 amide bonds. The molecule has 0 aliphatic carbocycles. The minimum Gasteiger partial charge on any atom is -0.490 e. The highest BCUT2D eigenvalue weighted by Gasteiger charge is 2.36. The summed E-state index contributed by atoms with van der Waals surface area (Å²) in [7, 11) is 0. The fourth-order valence-electron chi connectivity index (χ4n) is 3.72. The zero-order valence-corrected chi connectivity index (χ0v) is 19.4. The number of allylic oxidation sites excluding steroid dienone is 1. The SMILES string of the molecule is CCOc1cc(C2C(C#N)=C(N)Oc3n[nH]c(-c4ccc(Cl)cc4Cl)c32)ccc1OCC(N)=O. The molecule has 34 heavy (non-hydrogen) atoms. The van der Waals surface area contributed by atoms with Gasteiger partial charge in [-0.3, -0.25) is 9.89 Å². The zero-order valence-electron chi connectivity index (χ0n) is 17.9. The third kappa shape index (κ3) is 4.33. The standard InChI is InChI=1S/C23H19Cl2N5O4/c1-2-32-17-7-11(3-6-16(17)33-10-18(27)31)19-14(9-26)22(28)34-23-20(19)21(29-30-23)13-5-4-12(24)8-15(13)25/h3-8,19H,2,10,28H2,1H3,(H2,27,31)(H,29,30). The van der Waals surface area contributed by atoms with Crippen LogP contribution in [0, 0.1) is 11.3 Å². The number of fused-ring (bicyclic) bond motifs is 1. The van der Waals surface area contributed by atoms with Crippen LogP contribution in [0.5, 0.6) is 17.4 Å². The van der Waals surface area contributed by atoms with Crippen molar-refractivity contribution in [2.45, 2.75) is 12.8 Å². The first-order valence-electron chi connectivity index (χ1n) is 10.1. The minimum atomic E-state index is -0.654. The van der Waals surface area contributed by atoms with Crippen LogP contribution < -0.4 is 25.7 Å². The number of aromatic nitrogens is 2. The lowest BCUT2D eigenvalue weighted by atomic mass is 9.83. The van der Waals surface area contributed by atoms with E-state index in [9.17, 15) is 10.1 Å². The molecule has 2 heterocycles. The molecule has 9 nitrogen and oxygen atoms in total. The summed E-state index contributed by atoms with van der Waals surface area (Å²) in [5.41, 5.74) is 13.9. The molecule has 1 aliphatic heterocycles. The number of nitrogens with two attached hydrogens (primary N) is 2. The quantitative estimate of drug-likeness (QED) is 0.446. The Bertz CT molecular complexity index is 1350. The van der Waals surface area contributed by atoms with Gasteiger partial charge in [-0.1, -0.05) is 29.3 Å². The monoisotopic (exact) mass is 499 g/mol. The van der Waals surface area contributed by atoms with E-state index in [1.54, 1.807) is 36.4 Å². The summed E-state index contributed by atoms with van der Waals surface area (Å²) in [5, 5.41) is 18.0. The summed E-state index contributed by atoms with van der Waals surface area (Å²) >= 11 is 12.5. The van der Waals surface area contributed by atoms with Gasteiger partial charge in [0.25, 0.3) is 5.91 Å². The Labute approximate surface area is 204 Å². The number of aromatic amines is 1. The van der Waals surface area contributed by atoms with E-state index >= 15 is 0 Å². The summed E-state index contributed by atoms with van der Waals surface area (Å²) in [6.07, 6.45) is 0. The van der Waals surface area contributed by atoms with E-state index in [0.717, 1.165) is 0 Å². The van der Waals surface area contributed by atoms with Crippen molar-refractivity contribution in [2.24, 2.45) is 11.5 Å². The molecular formula is C23H19Cl2N5O4. The van der Waals surface area contributed by atoms with Crippen molar-refractivity contribution in [3.05, 3.63) is 69.0 Å². The van der Waals surface area contributed by atoms with Gasteiger partial charge in [0.1, 0.15) is 11.6 Å².